The first-order valence-electron chi connectivity index (χ1n) is 5.60. The van der Waals surface area contributed by atoms with Crippen molar-refractivity contribution in [3.63, 3.8) is 0 Å². The van der Waals surface area contributed by atoms with E-state index >= 15 is 0 Å². The number of carbonyl (C=O) groups excluding carboxylic acids is 2. The highest BCUT2D eigenvalue weighted by molar-refractivity contribution is 8.14. The van der Waals surface area contributed by atoms with Crippen molar-refractivity contribution >= 4 is 35.3 Å². The van der Waals surface area contributed by atoms with Gasteiger partial charge in [-0.05, 0) is 19.9 Å². The van der Waals surface area contributed by atoms with Crippen LogP contribution in [0.15, 0.2) is 0 Å². The third-order valence-corrected chi connectivity index (χ3v) is 3.95. The molecule has 17 heavy (non-hydrogen) atoms. The highest BCUT2D eigenvalue weighted by atomic mass is 35.5. The fourth-order valence-corrected chi connectivity index (χ4v) is 3.06. The summed E-state index contributed by atoms with van der Waals surface area (Å²) in [5, 5.41) is 5.73. The predicted octanol–water partition coefficient (Wildman–Crippen LogP) is 0.444. The summed E-state index contributed by atoms with van der Waals surface area (Å²) in [5.41, 5.74) is 0. The summed E-state index contributed by atoms with van der Waals surface area (Å²) >= 11 is 1.19. The van der Waals surface area contributed by atoms with Gasteiger partial charge in [0.15, 0.2) is 0 Å². The fourth-order valence-electron chi connectivity index (χ4n) is 2.29. The van der Waals surface area contributed by atoms with Gasteiger partial charge < -0.3 is 15.5 Å². The number of carbonyl (C=O) groups is 2. The third kappa shape index (κ3) is 3.26. The average molecular weight is 280 g/mol. The van der Waals surface area contributed by atoms with Gasteiger partial charge in [0.05, 0.1) is 0 Å². The van der Waals surface area contributed by atoms with Crippen molar-refractivity contribution < 1.29 is 9.59 Å². The zero-order valence-electron chi connectivity index (χ0n) is 9.77. The molecule has 2 aliphatic rings. The van der Waals surface area contributed by atoms with Crippen LogP contribution < -0.4 is 10.6 Å². The van der Waals surface area contributed by atoms with Gasteiger partial charge in [-0.25, -0.2) is 0 Å². The van der Waals surface area contributed by atoms with Crippen LogP contribution in [0.3, 0.4) is 0 Å². The SMILES string of the molecule is CNCC1CCCN1C(=O)[C@@H]1CSC(=O)N1.Cl. The molecule has 7 heteroatoms. The number of hydrogen-bond acceptors (Lipinski definition) is 4. The van der Waals surface area contributed by atoms with Gasteiger partial charge in [0.2, 0.25) is 5.91 Å². The molecule has 2 rings (SSSR count). The van der Waals surface area contributed by atoms with Crippen molar-refractivity contribution in [3.05, 3.63) is 0 Å². The lowest BCUT2D eigenvalue weighted by atomic mass is 10.2. The van der Waals surface area contributed by atoms with E-state index in [9.17, 15) is 9.59 Å². The van der Waals surface area contributed by atoms with Crippen LogP contribution in [0.1, 0.15) is 12.8 Å². The molecule has 0 bridgehead atoms. The lowest BCUT2D eigenvalue weighted by molar-refractivity contribution is -0.133. The summed E-state index contributed by atoms with van der Waals surface area (Å²) in [6, 6.07) is -0.0186. The van der Waals surface area contributed by atoms with Gasteiger partial charge in [0, 0.05) is 24.9 Å². The highest BCUT2D eigenvalue weighted by Gasteiger charge is 2.36. The molecule has 2 aliphatic heterocycles. The minimum atomic E-state index is -0.310. The Morgan fingerprint density at radius 1 is 1.65 bits per heavy atom. The van der Waals surface area contributed by atoms with Gasteiger partial charge in [-0.1, -0.05) is 11.8 Å². The molecular weight excluding hydrogens is 262 g/mol. The number of likely N-dealkylation sites (N-methyl/N-ethyl adjacent to an activating group) is 1. The number of hydrogen-bond donors (Lipinski definition) is 2. The Morgan fingerprint density at radius 3 is 3.00 bits per heavy atom. The van der Waals surface area contributed by atoms with Crippen LogP contribution in [0.2, 0.25) is 0 Å². The Hall–Kier alpha value is -0.460. The van der Waals surface area contributed by atoms with E-state index in [0.717, 1.165) is 25.9 Å². The van der Waals surface area contributed by atoms with Gasteiger partial charge in [-0.15, -0.1) is 12.4 Å². The number of amides is 2. The molecular formula is C10H18ClN3O2S. The smallest absolute Gasteiger partial charge is 0.279 e. The number of nitrogens with zero attached hydrogens (tertiary/aromatic N) is 1. The van der Waals surface area contributed by atoms with Crippen LogP contribution in [-0.4, -0.2) is 54.0 Å². The molecule has 0 radical (unpaired) electrons. The van der Waals surface area contributed by atoms with E-state index < -0.39 is 0 Å². The second-order valence-corrected chi connectivity index (χ2v) is 5.17. The quantitative estimate of drug-likeness (QED) is 0.787. The number of nitrogens with one attached hydrogen (secondary N) is 2. The number of halogens is 1. The maximum atomic E-state index is 12.1. The summed E-state index contributed by atoms with van der Waals surface area (Å²) in [7, 11) is 1.90. The second kappa shape index (κ2) is 6.47. The lowest BCUT2D eigenvalue weighted by Crippen LogP contribution is -2.49. The van der Waals surface area contributed by atoms with Gasteiger partial charge in [0.1, 0.15) is 6.04 Å². The van der Waals surface area contributed by atoms with Crippen molar-refractivity contribution in [1.29, 1.82) is 0 Å². The van der Waals surface area contributed by atoms with E-state index in [2.05, 4.69) is 10.6 Å². The zero-order valence-corrected chi connectivity index (χ0v) is 11.4. The highest BCUT2D eigenvalue weighted by Crippen LogP contribution is 2.21. The molecule has 2 fully saturated rings. The van der Waals surface area contributed by atoms with Crippen LogP contribution in [0, 0.1) is 0 Å². The molecule has 2 heterocycles. The monoisotopic (exact) mass is 279 g/mol. The van der Waals surface area contributed by atoms with Crippen LogP contribution in [0.25, 0.3) is 0 Å². The van der Waals surface area contributed by atoms with Crippen molar-refractivity contribution in [3.8, 4) is 0 Å². The van der Waals surface area contributed by atoms with E-state index in [1.54, 1.807) is 0 Å². The summed E-state index contributed by atoms with van der Waals surface area (Å²) in [5.74, 6) is 0.650. The summed E-state index contributed by atoms with van der Waals surface area (Å²) in [6.07, 6.45) is 2.12. The predicted molar refractivity (Wildman–Crippen MR) is 70.7 cm³/mol. The van der Waals surface area contributed by atoms with E-state index in [1.165, 1.54) is 11.8 Å². The molecule has 0 saturated carbocycles. The Labute approximate surface area is 111 Å². The van der Waals surface area contributed by atoms with Gasteiger partial charge in [0.25, 0.3) is 5.24 Å². The summed E-state index contributed by atoms with van der Waals surface area (Å²) in [6.45, 7) is 1.65. The standard InChI is InChI=1S/C10H17N3O2S.ClH/c1-11-5-7-3-2-4-13(7)9(14)8-6-16-10(15)12-8;/h7-8,11H,2-6H2,1H3,(H,12,15);1H/t7?,8-;/m0./s1. The van der Waals surface area contributed by atoms with E-state index in [0.29, 0.717) is 11.8 Å². The molecule has 1 unspecified atom stereocenters. The zero-order chi connectivity index (χ0) is 11.5. The van der Waals surface area contributed by atoms with Crippen molar-refractivity contribution in [2.45, 2.75) is 24.9 Å². The Morgan fingerprint density at radius 2 is 2.41 bits per heavy atom. The molecule has 2 atom stereocenters. The summed E-state index contributed by atoms with van der Waals surface area (Å²) < 4.78 is 0. The maximum Gasteiger partial charge on any atom is 0.279 e. The van der Waals surface area contributed by atoms with E-state index in [-0.39, 0.29) is 29.6 Å². The van der Waals surface area contributed by atoms with E-state index in [1.807, 2.05) is 11.9 Å². The van der Waals surface area contributed by atoms with Gasteiger partial charge in [-0.3, -0.25) is 9.59 Å². The molecule has 0 aromatic carbocycles. The van der Waals surface area contributed by atoms with Crippen LogP contribution in [0.5, 0.6) is 0 Å². The maximum absolute atomic E-state index is 12.1. The summed E-state index contributed by atoms with van der Waals surface area (Å²) in [4.78, 5) is 25.1. The molecule has 2 saturated heterocycles. The molecule has 0 aliphatic carbocycles. The number of likely N-dealkylation sites (tertiary alicyclic amines) is 1. The van der Waals surface area contributed by atoms with Crippen molar-refractivity contribution in [1.82, 2.24) is 15.5 Å². The largest absolute Gasteiger partial charge is 0.337 e. The van der Waals surface area contributed by atoms with Crippen LogP contribution >= 0.6 is 24.2 Å². The van der Waals surface area contributed by atoms with Crippen molar-refractivity contribution in [2.24, 2.45) is 0 Å². The Bertz CT molecular complexity index is 303. The Kier molecular flexibility index (Phi) is 5.55. The first-order chi connectivity index (χ1) is 7.72. The van der Waals surface area contributed by atoms with Crippen LogP contribution in [-0.2, 0) is 4.79 Å². The molecule has 98 valence electrons. The van der Waals surface area contributed by atoms with E-state index in [4.69, 9.17) is 0 Å². The number of thioether (sulfide) groups is 1. The first kappa shape index (κ1) is 14.6. The second-order valence-electron chi connectivity index (χ2n) is 4.18. The van der Waals surface area contributed by atoms with Crippen LogP contribution in [0.4, 0.5) is 4.79 Å². The average Bonchev–Trinajstić information content (AvgIpc) is 2.87. The lowest BCUT2D eigenvalue weighted by Gasteiger charge is -2.26. The van der Waals surface area contributed by atoms with Gasteiger partial charge in [-0.2, -0.15) is 0 Å². The molecule has 0 spiro atoms. The molecule has 0 aromatic rings. The first-order valence-corrected chi connectivity index (χ1v) is 6.59. The molecule has 2 amide bonds. The topological polar surface area (TPSA) is 61.4 Å². The third-order valence-electron chi connectivity index (χ3n) is 3.07. The number of rotatable bonds is 3. The molecule has 5 nitrogen and oxygen atoms in total. The van der Waals surface area contributed by atoms with Crippen molar-refractivity contribution in [2.75, 3.05) is 25.9 Å². The fraction of sp³-hybridized carbons (Fsp3) is 0.800. The minimum Gasteiger partial charge on any atom is -0.337 e. The Balaban J connectivity index is 0.00000144. The van der Waals surface area contributed by atoms with Gasteiger partial charge >= 0.3 is 0 Å². The normalized spacial score (nSPS) is 27.8. The minimum absolute atomic E-state index is 0. The molecule has 2 N–H and O–H groups in total. The molecule has 0 aromatic heterocycles.